The van der Waals surface area contributed by atoms with Crippen LogP contribution in [-0.4, -0.2) is 51.2 Å². The van der Waals surface area contributed by atoms with Crippen molar-refractivity contribution in [3.63, 3.8) is 0 Å². The van der Waals surface area contributed by atoms with Gasteiger partial charge in [0.2, 0.25) is 5.91 Å². The molecule has 1 aromatic heterocycles. The fraction of sp³-hybridized carbons (Fsp3) is 0.163. The molecule has 2 amide bonds. The number of aromatic hydroxyl groups is 3. The number of phenolic OH excluding ortho intramolecular Hbond substituents is 3. The van der Waals surface area contributed by atoms with E-state index in [0.717, 1.165) is 16.0 Å². The van der Waals surface area contributed by atoms with Crippen molar-refractivity contribution in [1.82, 2.24) is 15.6 Å². The van der Waals surface area contributed by atoms with Crippen molar-refractivity contribution < 1.29 is 39.2 Å². The van der Waals surface area contributed by atoms with Gasteiger partial charge in [0.25, 0.3) is 5.91 Å². The number of rotatable bonds is 10. The molecule has 5 aromatic carbocycles. The minimum atomic E-state index is -1.41. The van der Waals surface area contributed by atoms with Crippen LogP contribution in [0.3, 0.4) is 0 Å². The smallest absolute Gasteiger partial charge is 0.340 e. The number of carbonyl (C=O) groups is 3. The second kappa shape index (κ2) is 15.1. The summed E-state index contributed by atoms with van der Waals surface area (Å²) in [6.07, 6.45) is 1.40. The number of hydrogen-bond donors (Lipinski definition) is 7. The first-order valence-electron chi connectivity index (χ1n) is 18.1. The zero-order chi connectivity index (χ0) is 39.7. The Morgan fingerprint density at radius 3 is 2.39 bits per heavy atom. The lowest BCUT2D eigenvalue weighted by molar-refractivity contribution is -0.121. The van der Waals surface area contributed by atoms with E-state index in [9.17, 15) is 29.7 Å². The number of nitrogen functional groups attached to an aromatic ring is 1. The molecule has 6 aromatic rings. The molecule has 0 saturated heterocycles. The molecular weight excluding hydrogens is 747 g/mol. The predicted octanol–water partition coefficient (Wildman–Crippen LogP) is 6.24. The molecule has 0 unspecified atom stereocenters. The van der Waals surface area contributed by atoms with Gasteiger partial charge in [0, 0.05) is 65.1 Å². The molecule has 0 bridgehead atoms. The first-order chi connectivity index (χ1) is 27.6. The summed E-state index contributed by atoms with van der Waals surface area (Å²) < 4.78 is 12.8. The number of nitrogens with two attached hydrogens (primary N) is 1. The lowest BCUT2D eigenvalue weighted by Crippen LogP contribution is -2.33. The maximum absolute atomic E-state index is 13.4. The number of esters is 1. The largest absolute Gasteiger partial charge is 0.508 e. The van der Waals surface area contributed by atoms with Crippen molar-refractivity contribution in [2.45, 2.75) is 31.4 Å². The monoisotopic (exact) mass is 781 g/mol. The van der Waals surface area contributed by atoms with Crippen LogP contribution in [0.15, 0.2) is 91.0 Å². The number of phenols is 3. The number of unbranched alkanes of at least 4 members (excludes halogenated alkanes) is 1. The maximum atomic E-state index is 13.4. The highest BCUT2D eigenvalue weighted by Crippen LogP contribution is 2.57. The highest BCUT2D eigenvalue weighted by Gasteiger charge is 2.53. The molecule has 13 nitrogen and oxygen atoms in total. The second-order valence-corrected chi connectivity index (χ2v) is 14.6. The Labute approximate surface area is 330 Å². The molecule has 14 heteroatoms. The number of nitrogens with one attached hydrogen (secondary N) is 3. The first kappa shape index (κ1) is 36.7. The van der Waals surface area contributed by atoms with E-state index >= 15 is 0 Å². The topological polar surface area (TPSA) is 205 Å². The van der Waals surface area contributed by atoms with Gasteiger partial charge in [0.1, 0.15) is 34.3 Å². The van der Waals surface area contributed by atoms with Crippen molar-refractivity contribution in [2.24, 2.45) is 0 Å². The van der Waals surface area contributed by atoms with Gasteiger partial charge in [0.15, 0.2) is 10.7 Å². The molecular formula is C43H35N5O8S. The second-order valence-electron chi connectivity index (χ2n) is 13.5. The average molecular weight is 782 g/mol. The molecule has 2 aliphatic heterocycles. The van der Waals surface area contributed by atoms with Crippen LogP contribution >= 0.6 is 11.3 Å². The Hall–Kier alpha value is -7.24. The summed E-state index contributed by atoms with van der Waals surface area (Å²) in [4.78, 5) is 43.2. The van der Waals surface area contributed by atoms with Gasteiger partial charge < -0.3 is 46.5 Å². The van der Waals surface area contributed by atoms with E-state index in [1.54, 1.807) is 30.3 Å². The number of carbonyl (C=O) groups excluding carboxylic acids is 3. The summed E-state index contributed by atoms with van der Waals surface area (Å²) in [7, 11) is 0. The Morgan fingerprint density at radius 2 is 1.61 bits per heavy atom. The summed E-state index contributed by atoms with van der Waals surface area (Å²) in [6.45, 7) is 1.05. The van der Waals surface area contributed by atoms with E-state index in [1.807, 2.05) is 30.3 Å². The fourth-order valence-electron chi connectivity index (χ4n) is 7.04. The van der Waals surface area contributed by atoms with E-state index in [1.165, 1.54) is 41.7 Å². The lowest BCUT2D eigenvalue weighted by atomic mass is 9.77. The Morgan fingerprint density at radius 1 is 0.860 bits per heavy atom. The third kappa shape index (κ3) is 7.31. The van der Waals surface area contributed by atoms with Gasteiger partial charge >= 0.3 is 5.97 Å². The Bertz CT molecular complexity index is 2610. The average Bonchev–Trinajstić information content (AvgIpc) is 3.71. The predicted molar refractivity (Wildman–Crippen MR) is 214 cm³/mol. The summed E-state index contributed by atoms with van der Waals surface area (Å²) in [5.74, 6) is 5.46. The van der Waals surface area contributed by atoms with Gasteiger partial charge in [0.05, 0.1) is 16.8 Å². The van der Waals surface area contributed by atoms with E-state index in [0.29, 0.717) is 65.4 Å². The maximum Gasteiger partial charge on any atom is 0.340 e. The van der Waals surface area contributed by atoms with Crippen LogP contribution in [0, 0.1) is 11.8 Å². The lowest BCUT2D eigenvalue weighted by Gasteiger charge is -2.36. The quantitative estimate of drug-likeness (QED) is 0.0471. The number of hydrogen-bond acceptors (Lipinski definition) is 12. The van der Waals surface area contributed by atoms with Gasteiger partial charge in [-0.05, 0) is 79.1 Å². The van der Waals surface area contributed by atoms with Gasteiger partial charge in [-0.15, -0.1) is 0 Å². The van der Waals surface area contributed by atoms with Crippen LogP contribution in [0.1, 0.15) is 67.8 Å². The third-order valence-corrected chi connectivity index (χ3v) is 10.5. The summed E-state index contributed by atoms with van der Waals surface area (Å²) in [5, 5.41) is 39.9. The number of aromatic nitrogens is 1. The SMILES string of the molecule is Nc1nc2c(O)cc(C#CCNc3cccc(CNC(=O)CCCCNC(=O)c4ccc5c(c4)C(=O)OC54c5ccc(O)cc5Oc5cc(O)ccc54)c3)cc2s1. The van der Waals surface area contributed by atoms with Gasteiger partial charge in [-0.3, -0.25) is 9.59 Å². The van der Waals surface area contributed by atoms with Crippen molar-refractivity contribution in [3.8, 4) is 40.6 Å². The number of nitrogens with zero attached hydrogens (tertiary/aromatic N) is 1. The summed E-state index contributed by atoms with van der Waals surface area (Å²) >= 11 is 1.29. The first-order valence-corrected chi connectivity index (χ1v) is 18.9. The molecule has 0 aliphatic carbocycles. The van der Waals surface area contributed by atoms with Crippen molar-refractivity contribution in [3.05, 3.63) is 130 Å². The Kier molecular flexibility index (Phi) is 9.74. The molecule has 57 heavy (non-hydrogen) atoms. The zero-order valence-electron chi connectivity index (χ0n) is 30.2. The normalized spacial score (nSPS) is 13.0. The number of fused-ring (bicyclic) bond motifs is 7. The van der Waals surface area contributed by atoms with E-state index in [2.05, 4.69) is 32.8 Å². The highest BCUT2D eigenvalue weighted by atomic mass is 32.1. The van der Waals surface area contributed by atoms with Crippen LogP contribution in [0.2, 0.25) is 0 Å². The van der Waals surface area contributed by atoms with Crippen LogP contribution in [0.4, 0.5) is 10.8 Å². The number of thiazole rings is 1. The zero-order valence-corrected chi connectivity index (χ0v) is 31.0. The number of ether oxygens (including phenoxy) is 2. The van der Waals surface area contributed by atoms with Crippen molar-refractivity contribution in [1.29, 1.82) is 0 Å². The number of anilines is 2. The minimum absolute atomic E-state index is 0.0409. The number of benzene rings is 5. The van der Waals surface area contributed by atoms with E-state index in [4.69, 9.17) is 15.2 Å². The third-order valence-electron chi connectivity index (χ3n) is 9.67. The van der Waals surface area contributed by atoms with Gasteiger partial charge in [-0.25, -0.2) is 9.78 Å². The van der Waals surface area contributed by atoms with Crippen molar-refractivity contribution >= 4 is 50.2 Å². The summed E-state index contributed by atoms with van der Waals surface area (Å²) in [5.41, 5.74) is 9.20. The molecule has 0 radical (unpaired) electrons. The number of amides is 2. The van der Waals surface area contributed by atoms with E-state index in [-0.39, 0.29) is 58.1 Å². The molecule has 3 heterocycles. The molecule has 0 saturated carbocycles. The molecule has 8 rings (SSSR count). The minimum Gasteiger partial charge on any atom is -0.508 e. The molecule has 2 aliphatic rings. The molecule has 1 spiro atoms. The van der Waals surface area contributed by atoms with E-state index < -0.39 is 11.6 Å². The molecule has 0 atom stereocenters. The summed E-state index contributed by atoms with van der Waals surface area (Å²) in [6, 6.07) is 24.9. The molecule has 8 N–H and O–H groups in total. The standard InChI is InChI=1S/C43H35N5O8S/c44-42-48-39-34(51)18-24(19-37(39)57-42)6-4-16-45-27-7-3-5-25(17-27)23-47-38(52)8-1-2-15-46-40(53)26-9-12-31-30(20-26)41(54)56-43(31)32-13-10-28(49)21-35(32)55-36-22-29(50)11-14-33(36)43/h3,5,7,9-14,17-22,45,49-51H,1-2,8,15-16,23H2,(H2,44,48)(H,46,53)(H,47,52). The van der Waals surface area contributed by atoms with Gasteiger partial charge in [-0.1, -0.05) is 41.4 Å². The van der Waals surface area contributed by atoms with Crippen LogP contribution in [0.5, 0.6) is 28.7 Å². The Balaban J connectivity index is 0.808. The van der Waals surface area contributed by atoms with Gasteiger partial charge in [-0.2, -0.15) is 0 Å². The van der Waals surface area contributed by atoms with Crippen LogP contribution in [-0.2, 0) is 21.7 Å². The van der Waals surface area contributed by atoms with Crippen LogP contribution in [0.25, 0.3) is 10.2 Å². The fourth-order valence-corrected chi connectivity index (χ4v) is 7.83. The highest BCUT2D eigenvalue weighted by molar-refractivity contribution is 7.22. The molecule has 0 fully saturated rings. The molecule has 286 valence electrons. The van der Waals surface area contributed by atoms with Crippen LogP contribution < -0.4 is 26.4 Å². The van der Waals surface area contributed by atoms with Crippen molar-refractivity contribution in [2.75, 3.05) is 24.1 Å².